The van der Waals surface area contributed by atoms with Gasteiger partial charge in [-0.1, -0.05) is 0 Å². The summed E-state index contributed by atoms with van der Waals surface area (Å²) < 4.78 is 0. The van der Waals surface area contributed by atoms with Crippen LogP contribution < -0.4 is 0 Å². The van der Waals surface area contributed by atoms with Crippen molar-refractivity contribution >= 4 is 5.69 Å². The van der Waals surface area contributed by atoms with Gasteiger partial charge in [0.15, 0.2) is 0 Å². The lowest BCUT2D eigenvalue weighted by Crippen LogP contribution is -1.92. The maximum Gasteiger partial charge on any atom is 0.269 e. The standard InChI is InChI=1S/C9H10NO2/c1-6-4-9(10(11)12)5-7(2)8(6)3/h4-5H,1H2,2-3H3. The van der Waals surface area contributed by atoms with Crippen LogP contribution in [-0.4, -0.2) is 4.92 Å². The van der Waals surface area contributed by atoms with Gasteiger partial charge in [0.1, 0.15) is 0 Å². The summed E-state index contributed by atoms with van der Waals surface area (Å²) >= 11 is 0. The van der Waals surface area contributed by atoms with Crippen molar-refractivity contribution in [1.82, 2.24) is 0 Å². The smallest absolute Gasteiger partial charge is 0.258 e. The number of hydrogen-bond acceptors (Lipinski definition) is 2. The van der Waals surface area contributed by atoms with Crippen LogP contribution in [0.4, 0.5) is 5.69 Å². The number of non-ortho nitro benzene ring substituents is 1. The van der Waals surface area contributed by atoms with Gasteiger partial charge in [-0.15, -0.1) is 0 Å². The Labute approximate surface area is 71.2 Å². The minimum atomic E-state index is -0.402. The summed E-state index contributed by atoms with van der Waals surface area (Å²) in [5.41, 5.74) is 2.76. The lowest BCUT2D eigenvalue weighted by molar-refractivity contribution is -0.384. The van der Waals surface area contributed by atoms with Crippen molar-refractivity contribution < 1.29 is 4.92 Å². The largest absolute Gasteiger partial charge is 0.269 e. The molecule has 12 heavy (non-hydrogen) atoms. The quantitative estimate of drug-likeness (QED) is 0.472. The second kappa shape index (κ2) is 2.93. The molecule has 1 aromatic carbocycles. The summed E-state index contributed by atoms with van der Waals surface area (Å²) in [4.78, 5) is 9.99. The average molecular weight is 164 g/mol. The minimum absolute atomic E-state index is 0.114. The first kappa shape index (κ1) is 8.71. The van der Waals surface area contributed by atoms with Crippen LogP contribution in [0.2, 0.25) is 0 Å². The molecule has 0 atom stereocenters. The maximum absolute atomic E-state index is 10.4. The first-order valence-electron chi connectivity index (χ1n) is 3.60. The fraction of sp³-hybridized carbons (Fsp3) is 0.222. The van der Waals surface area contributed by atoms with Crippen LogP contribution in [0.3, 0.4) is 0 Å². The molecule has 0 bridgehead atoms. The van der Waals surface area contributed by atoms with Crippen molar-refractivity contribution in [3.8, 4) is 0 Å². The van der Waals surface area contributed by atoms with E-state index in [4.69, 9.17) is 0 Å². The summed E-state index contributed by atoms with van der Waals surface area (Å²) in [5.74, 6) is 0. The fourth-order valence-corrected chi connectivity index (χ4v) is 1.02. The molecule has 1 aromatic rings. The van der Waals surface area contributed by atoms with Crippen LogP contribution in [0.25, 0.3) is 0 Å². The topological polar surface area (TPSA) is 43.1 Å². The summed E-state index contributed by atoms with van der Waals surface area (Å²) in [5, 5.41) is 10.4. The van der Waals surface area contributed by atoms with E-state index in [2.05, 4.69) is 6.92 Å². The van der Waals surface area contributed by atoms with Crippen molar-refractivity contribution in [1.29, 1.82) is 0 Å². The van der Waals surface area contributed by atoms with Crippen molar-refractivity contribution in [2.75, 3.05) is 0 Å². The normalized spacial score (nSPS) is 9.92. The SMILES string of the molecule is [CH2]c1cc([N+](=O)[O-])cc(C)c1C. The van der Waals surface area contributed by atoms with Gasteiger partial charge >= 0.3 is 0 Å². The molecule has 0 amide bonds. The fourth-order valence-electron chi connectivity index (χ4n) is 1.02. The monoisotopic (exact) mass is 164 g/mol. The van der Waals surface area contributed by atoms with E-state index in [1.54, 1.807) is 6.07 Å². The van der Waals surface area contributed by atoms with Gasteiger partial charge in [-0.25, -0.2) is 0 Å². The van der Waals surface area contributed by atoms with E-state index in [0.717, 1.165) is 16.7 Å². The molecule has 0 saturated carbocycles. The number of hydrogen-bond donors (Lipinski definition) is 0. The van der Waals surface area contributed by atoms with Crippen molar-refractivity contribution in [2.24, 2.45) is 0 Å². The Hall–Kier alpha value is -1.38. The van der Waals surface area contributed by atoms with Crippen LogP contribution in [-0.2, 0) is 0 Å². The molecule has 0 fully saturated rings. The van der Waals surface area contributed by atoms with Gasteiger partial charge in [0.2, 0.25) is 0 Å². The molecule has 0 aliphatic carbocycles. The molecule has 3 heteroatoms. The van der Waals surface area contributed by atoms with E-state index in [1.165, 1.54) is 6.07 Å². The van der Waals surface area contributed by atoms with Gasteiger partial charge in [-0.2, -0.15) is 0 Å². The highest BCUT2D eigenvalue weighted by molar-refractivity contribution is 5.45. The number of aryl methyl sites for hydroxylation is 1. The Morgan fingerprint density at radius 1 is 1.42 bits per heavy atom. The zero-order valence-electron chi connectivity index (χ0n) is 7.13. The highest BCUT2D eigenvalue weighted by Crippen LogP contribution is 2.20. The van der Waals surface area contributed by atoms with E-state index >= 15 is 0 Å². The zero-order valence-corrected chi connectivity index (χ0v) is 7.13. The predicted molar refractivity (Wildman–Crippen MR) is 47.0 cm³/mol. The van der Waals surface area contributed by atoms with Crippen molar-refractivity contribution in [2.45, 2.75) is 13.8 Å². The van der Waals surface area contributed by atoms with Crippen molar-refractivity contribution in [3.63, 3.8) is 0 Å². The number of nitro benzene ring substituents is 1. The Morgan fingerprint density at radius 2 is 2.00 bits per heavy atom. The van der Waals surface area contributed by atoms with Crippen LogP contribution >= 0.6 is 0 Å². The van der Waals surface area contributed by atoms with E-state index in [0.29, 0.717) is 0 Å². The number of nitrogens with zero attached hydrogens (tertiary/aromatic N) is 1. The molecule has 0 aromatic heterocycles. The van der Waals surface area contributed by atoms with Gasteiger partial charge in [0.05, 0.1) is 4.92 Å². The van der Waals surface area contributed by atoms with Gasteiger partial charge in [-0.05, 0) is 37.5 Å². The molecule has 1 rings (SSSR count). The van der Waals surface area contributed by atoms with Crippen LogP contribution in [0.1, 0.15) is 16.7 Å². The lowest BCUT2D eigenvalue weighted by Gasteiger charge is -2.02. The van der Waals surface area contributed by atoms with E-state index in [9.17, 15) is 10.1 Å². The Bertz CT molecular complexity index is 308. The Balaban J connectivity index is 3.31. The summed E-state index contributed by atoms with van der Waals surface area (Å²) in [6.07, 6.45) is 0. The maximum atomic E-state index is 10.4. The third kappa shape index (κ3) is 1.44. The summed E-state index contributed by atoms with van der Waals surface area (Å²) in [6, 6.07) is 3.05. The molecular formula is C9H10NO2. The van der Waals surface area contributed by atoms with Gasteiger partial charge in [0, 0.05) is 12.1 Å². The first-order chi connectivity index (χ1) is 5.52. The summed E-state index contributed by atoms with van der Waals surface area (Å²) in [6.45, 7) is 7.47. The highest BCUT2D eigenvalue weighted by Gasteiger charge is 2.08. The van der Waals surface area contributed by atoms with E-state index in [-0.39, 0.29) is 5.69 Å². The van der Waals surface area contributed by atoms with E-state index in [1.807, 2.05) is 13.8 Å². The molecule has 63 valence electrons. The predicted octanol–water partition coefficient (Wildman–Crippen LogP) is 2.39. The molecule has 1 radical (unpaired) electrons. The second-order valence-electron chi connectivity index (χ2n) is 2.80. The van der Waals surface area contributed by atoms with Crippen LogP contribution in [0, 0.1) is 30.9 Å². The highest BCUT2D eigenvalue weighted by atomic mass is 16.6. The number of rotatable bonds is 1. The number of benzene rings is 1. The zero-order chi connectivity index (χ0) is 9.30. The molecular weight excluding hydrogens is 154 g/mol. The molecule has 3 nitrogen and oxygen atoms in total. The van der Waals surface area contributed by atoms with Gasteiger partial charge in [0.25, 0.3) is 5.69 Å². The lowest BCUT2D eigenvalue weighted by atomic mass is 10.0. The van der Waals surface area contributed by atoms with Crippen LogP contribution in [0.5, 0.6) is 0 Å². The second-order valence-corrected chi connectivity index (χ2v) is 2.80. The molecule has 0 saturated heterocycles. The van der Waals surface area contributed by atoms with Crippen molar-refractivity contribution in [3.05, 3.63) is 45.9 Å². The third-order valence-corrected chi connectivity index (χ3v) is 1.97. The average Bonchev–Trinajstić information content (AvgIpc) is 1.99. The minimum Gasteiger partial charge on any atom is -0.258 e. The van der Waals surface area contributed by atoms with Gasteiger partial charge in [-0.3, -0.25) is 10.1 Å². The van der Waals surface area contributed by atoms with Crippen LogP contribution in [0.15, 0.2) is 12.1 Å². The molecule has 0 unspecified atom stereocenters. The molecule has 0 spiro atoms. The summed E-state index contributed by atoms with van der Waals surface area (Å²) in [7, 11) is 0. The molecule has 0 heterocycles. The number of nitro groups is 1. The Morgan fingerprint density at radius 3 is 2.42 bits per heavy atom. The first-order valence-corrected chi connectivity index (χ1v) is 3.60. The third-order valence-electron chi connectivity index (χ3n) is 1.97. The molecule has 0 aliphatic rings. The molecule has 0 N–H and O–H groups in total. The van der Waals surface area contributed by atoms with E-state index < -0.39 is 4.92 Å². The van der Waals surface area contributed by atoms with Gasteiger partial charge < -0.3 is 0 Å². The molecule has 0 aliphatic heterocycles. The Kier molecular flexibility index (Phi) is 2.13.